The van der Waals surface area contributed by atoms with E-state index >= 15 is 0 Å². The highest BCUT2D eigenvalue weighted by Crippen LogP contribution is 2.25. The van der Waals surface area contributed by atoms with E-state index in [9.17, 15) is 19.7 Å². The quantitative estimate of drug-likeness (QED) is 0.664. The van der Waals surface area contributed by atoms with Gasteiger partial charge in [0.1, 0.15) is 5.02 Å². The molecule has 7 nitrogen and oxygen atoms in total. The molecule has 0 atom stereocenters. The molecule has 8 heteroatoms. The third-order valence-corrected chi connectivity index (χ3v) is 3.11. The lowest BCUT2D eigenvalue weighted by atomic mass is 10.1. The first-order valence-corrected chi connectivity index (χ1v) is 6.35. The first-order valence-electron chi connectivity index (χ1n) is 5.97. The van der Waals surface area contributed by atoms with E-state index in [0.29, 0.717) is 5.69 Å². The Morgan fingerprint density at radius 1 is 1.09 bits per heavy atom. The average molecular weight is 321 g/mol. The number of hydrogen-bond donors (Lipinski definition) is 2. The molecule has 22 heavy (non-hydrogen) atoms. The van der Waals surface area contributed by atoms with Crippen molar-refractivity contribution in [3.63, 3.8) is 0 Å². The molecule has 0 aromatic heterocycles. The predicted octanol–water partition coefficient (Wildman–Crippen LogP) is 3.20. The second-order valence-electron chi connectivity index (χ2n) is 4.26. The summed E-state index contributed by atoms with van der Waals surface area (Å²) < 4.78 is 0. The molecule has 112 valence electrons. The van der Waals surface area contributed by atoms with Crippen LogP contribution in [0.15, 0.2) is 42.5 Å². The summed E-state index contributed by atoms with van der Waals surface area (Å²) in [5.74, 6) is -1.64. The molecule has 0 spiro atoms. The van der Waals surface area contributed by atoms with Crippen molar-refractivity contribution < 1.29 is 19.6 Å². The summed E-state index contributed by atoms with van der Waals surface area (Å²) in [6.45, 7) is 0. The minimum absolute atomic E-state index is 0.0626. The maximum absolute atomic E-state index is 12.0. The van der Waals surface area contributed by atoms with Crippen molar-refractivity contribution in [3.8, 4) is 0 Å². The molecule has 1 amide bonds. The zero-order valence-corrected chi connectivity index (χ0v) is 11.7. The van der Waals surface area contributed by atoms with Crippen molar-refractivity contribution in [2.24, 2.45) is 0 Å². The van der Waals surface area contributed by atoms with Crippen LogP contribution >= 0.6 is 11.6 Å². The van der Waals surface area contributed by atoms with E-state index in [1.54, 1.807) is 0 Å². The number of nitro benzene ring substituents is 1. The fraction of sp³-hybridized carbons (Fsp3) is 0. The van der Waals surface area contributed by atoms with Crippen LogP contribution in [-0.2, 0) is 0 Å². The monoisotopic (exact) mass is 320 g/mol. The lowest BCUT2D eigenvalue weighted by Gasteiger charge is -2.06. The van der Waals surface area contributed by atoms with Gasteiger partial charge in [-0.1, -0.05) is 11.6 Å². The van der Waals surface area contributed by atoms with Crippen LogP contribution in [0.5, 0.6) is 0 Å². The van der Waals surface area contributed by atoms with Gasteiger partial charge in [0.2, 0.25) is 0 Å². The minimum atomic E-state index is -1.08. The van der Waals surface area contributed by atoms with Crippen LogP contribution in [0.4, 0.5) is 11.4 Å². The summed E-state index contributed by atoms with van der Waals surface area (Å²) in [5.41, 5.74) is 0.154. The number of anilines is 1. The number of halogens is 1. The number of rotatable bonds is 4. The molecule has 2 aromatic rings. The molecule has 0 saturated carbocycles. The van der Waals surface area contributed by atoms with Gasteiger partial charge < -0.3 is 10.4 Å². The third kappa shape index (κ3) is 3.39. The normalized spacial score (nSPS) is 10.0. The number of carboxylic acid groups (broad SMARTS) is 1. The summed E-state index contributed by atoms with van der Waals surface area (Å²) in [6.07, 6.45) is 0. The molecular formula is C14H9ClN2O5. The highest BCUT2D eigenvalue weighted by molar-refractivity contribution is 6.32. The summed E-state index contributed by atoms with van der Waals surface area (Å²) in [5, 5.41) is 22.0. The van der Waals surface area contributed by atoms with Gasteiger partial charge in [0.05, 0.1) is 10.5 Å². The number of nitrogens with zero attached hydrogens (tertiary/aromatic N) is 1. The fourth-order valence-corrected chi connectivity index (χ4v) is 1.88. The van der Waals surface area contributed by atoms with E-state index in [1.807, 2.05) is 0 Å². The number of carbonyl (C=O) groups excluding carboxylic acids is 1. The van der Waals surface area contributed by atoms with Crippen LogP contribution < -0.4 is 5.32 Å². The Hall–Kier alpha value is -2.93. The van der Waals surface area contributed by atoms with Gasteiger partial charge in [-0.15, -0.1) is 0 Å². The van der Waals surface area contributed by atoms with Crippen molar-refractivity contribution >= 4 is 34.9 Å². The minimum Gasteiger partial charge on any atom is -0.478 e. The zero-order chi connectivity index (χ0) is 16.3. The highest BCUT2D eigenvalue weighted by atomic mass is 35.5. The van der Waals surface area contributed by atoms with Crippen LogP contribution in [0.1, 0.15) is 20.7 Å². The third-order valence-electron chi connectivity index (χ3n) is 2.79. The van der Waals surface area contributed by atoms with E-state index in [1.165, 1.54) is 36.4 Å². The van der Waals surface area contributed by atoms with Crippen molar-refractivity contribution in [1.29, 1.82) is 0 Å². The van der Waals surface area contributed by atoms with Crippen molar-refractivity contribution in [2.75, 3.05) is 5.32 Å². The zero-order valence-electron chi connectivity index (χ0n) is 10.9. The molecule has 2 aromatic carbocycles. The molecule has 0 heterocycles. The molecule has 2 rings (SSSR count). The molecule has 2 N–H and O–H groups in total. The maximum Gasteiger partial charge on any atom is 0.335 e. The van der Waals surface area contributed by atoms with Crippen LogP contribution in [-0.4, -0.2) is 21.9 Å². The molecule has 0 unspecified atom stereocenters. The van der Waals surface area contributed by atoms with Crippen molar-refractivity contribution in [2.45, 2.75) is 0 Å². The van der Waals surface area contributed by atoms with Gasteiger partial charge in [-0.05, 0) is 36.4 Å². The van der Waals surface area contributed by atoms with Gasteiger partial charge in [0.25, 0.3) is 11.6 Å². The Morgan fingerprint density at radius 3 is 2.23 bits per heavy atom. The van der Waals surface area contributed by atoms with E-state index in [0.717, 1.165) is 6.07 Å². The van der Waals surface area contributed by atoms with E-state index in [2.05, 4.69) is 5.32 Å². The number of amides is 1. The van der Waals surface area contributed by atoms with Crippen molar-refractivity contribution in [3.05, 3.63) is 68.7 Å². The Kier molecular flexibility index (Phi) is 4.38. The lowest BCUT2D eigenvalue weighted by Crippen LogP contribution is -2.12. The number of carboxylic acids is 1. The van der Waals surface area contributed by atoms with Gasteiger partial charge in [0, 0.05) is 17.3 Å². The van der Waals surface area contributed by atoms with E-state index in [-0.39, 0.29) is 21.8 Å². The Labute approximate surface area is 129 Å². The standard InChI is InChI=1S/C14H9ClN2O5/c15-11-6-3-9(7-12(11)17(21)22)13(18)16-10-4-1-8(2-5-10)14(19)20/h1-7H,(H,16,18)(H,19,20). The predicted molar refractivity (Wildman–Crippen MR) is 79.5 cm³/mol. The largest absolute Gasteiger partial charge is 0.478 e. The molecule has 0 radical (unpaired) electrons. The first kappa shape index (κ1) is 15.5. The number of benzene rings is 2. The molecular weight excluding hydrogens is 312 g/mol. The van der Waals surface area contributed by atoms with Gasteiger partial charge in [-0.25, -0.2) is 4.79 Å². The number of nitro groups is 1. The first-order chi connectivity index (χ1) is 10.4. The molecule has 0 aliphatic rings. The molecule has 0 bridgehead atoms. The summed E-state index contributed by atoms with van der Waals surface area (Å²) in [7, 11) is 0. The van der Waals surface area contributed by atoms with Crippen LogP contribution in [0.2, 0.25) is 5.02 Å². The topological polar surface area (TPSA) is 110 Å². The Morgan fingerprint density at radius 2 is 1.68 bits per heavy atom. The highest BCUT2D eigenvalue weighted by Gasteiger charge is 2.16. The molecule has 0 aliphatic heterocycles. The molecule has 0 fully saturated rings. The SMILES string of the molecule is O=C(O)c1ccc(NC(=O)c2ccc(Cl)c([N+](=O)[O-])c2)cc1. The van der Waals surface area contributed by atoms with Gasteiger partial charge >= 0.3 is 5.97 Å². The number of carbonyl (C=O) groups is 2. The van der Waals surface area contributed by atoms with Crippen LogP contribution in [0.25, 0.3) is 0 Å². The maximum atomic E-state index is 12.0. The number of hydrogen-bond acceptors (Lipinski definition) is 4. The van der Waals surface area contributed by atoms with Gasteiger partial charge in [0.15, 0.2) is 0 Å². The van der Waals surface area contributed by atoms with E-state index in [4.69, 9.17) is 16.7 Å². The number of nitrogens with one attached hydrogen (secondary N) is 1. The van der Waals surface area contributed by atoms with Crippen LogP contribution in [0.3, 0.4) is 0 Å². The lowest BCUT2D eigenvalue weighted by molar-refractivity contribution is -0.384. The molecule has 0 saturated heterocycles. The van der Waals surface area contributed by atoms with Gasteiger partial charge in [-0.2, -0.15) is 0 Å². The second kappa shape index (κ2) is 6.23. The Bertz CT molecular complexity index is 758. The van der Waals surface area contributed by atoms with E-state index < -0.39 is 16.8 Å². The number of aromatic carboxylic acids is 1. The van der Waals surface area contributed by atoms with Crippen molar-refractivity contribution in [1.82, 2.24) is 0 Å². The second-order valence-corrected chi connectivity index (χ2v) is 4.67. The average Bonchev–Trinajstić information content (AvgIpc) is 2.47. The summed E-state index contributed by atoms with van der Waals surface area (Å²) >= 11 is 5.67. The fourth-order valence-electron chi connectivity index (χ4n) is 1.69. The smallest absolute Gasteiger partial charge is 0.335 e. The van der Waals surface area contributed by atoms with Crippen LogP contribution in [0, 0.1) is 10.1 Å². The summed E-state index contributed by atoms with van der Waals surface area (Å²) in [6, 6.07) is 9.21. The Balaban J connectivity index is 2.20. The van der Waals surface area contributed by atoms with Gasteiger partial charge in [-0.3, -0.25) is 14.9 Å². The summed E-state index contributed by atoms with van der Waals surface area (Å²) in [4.78, 5) is 32.9. The molecule has 0 aliphatic carbocycles.